The van der Waals surface area contributed by atoms with E-state index in [1.807, 2.05) is 127 Å². The minimum absolute atomic E-state index is 0. The van der Waals surface area contributed by atoms with Gasteiger partial charge in [-0.05, 0) is 59.0 Å². The van der Waals surface area contributed by atoms with Crippen LogP contribution >= 0.6 is 0 Å². The number of phenols is 1. The van der Waals surface area contributed by atoms with Crippen molar-refractivity contribution in [3.05, 3.63) is 195 Å². The maximum Gasteiger partial charge on any atom is 3.00 e. The molecule has 1 N–H and O–H groups in total. The van der Waals surface area contributed by atoms with E-state index in [-0.39, 0.29) is 25.9 Å². The minimum atomic E-state index is 0. The number of furan rings is 1. The molecule has 3 aromatic heterocycles. The molecule has 0 spiro atoms. The molecule has 0 radical (unpaired) electrons. The zero-order valence-corrected chi connectivity index (χ0v) is 31.2. The number of fused-ring (bicyclic) bond motifs is 4. The number of aromatic hydroxyl groups is 1. The molecule has 260 valence electrons. The number of nitrogens with zero attached hydrogens (tertiary/aromatic N) is 4. The van der Waals surface area contributed by atoms with Crippen molar-refractivity contribution in [2.24, 2.45) is 0 Å². The molecule has 0 bridgehead atoms. The van der Waals surface area contributed by atoms with Gasteiger partial charge in [0.05, 0.1) is 11.3 Å². The quantitative estimate of drug-likeness (QED) is 0.174. The first-order chi connectivity index (χ1) is 26.2. The number of phenolic OH excluding ortho intramolecular Hbond substituents is 1. The van der Waals surface area contributed by atoms with Gasteiger partial charge in [0.25, 0.3) is 0 Å². The fourth-order valence-electron chi connectivity index (χ4n) is 6.68. The average molecular weight is 876 g/mol. The van der Waals surface area contributed by atoms with Gasteiger partial charge in [-0.1, -0.05) is 102 Å². The molecule has 0 unspecified atom stereocenters. The molecule has 10 rings (SSSR count). The first-order valence-electron chi connectivity index (χ1n) is 17.3. The summed E-state index contributed by atoms with van der Waals surface area (Å²) in [5.41, 5.74) is 11.2. The fraction of sp³-hybridized carbons (Fsp3) is 0. The predicted octanol–water partition coefficient (Wildman–Crippen LogP) is 11.8. The van der Waals surface area contributed by atoms with Gasteiger partial charge >= 0.3 is 20.1 Å². The Morgan fingerprint density at radius 2 is 1.24 bits per heavy atom. The van der Waals surface area contributed by atoms with Crippen LogP contribution in [0.2, 0.25) is 0 Å². The van der Waals surface area contributed by atoms with Crippen LogP contribution in [0.3, 0.4) is 0 Å². The number of pyridine rings is 2. The van der Waals surface area contributed by atoms with E-state index < -0.39 is 0 Å². The Bertz CT molecular complexity index is 2670. The van der Waals surface area contributed by atoms with Gasteiger partial charge in [0.15, 0.2) is 0 Å². The summed E-state index contributed by atoms with van der Waals surface area (Å²) >= 11 is 0. The minimum Gasteiger partial charge on any atom is -0.506 e. The van der Waals surface area contributed by atoms with Crippen molar-refractivity contribution in [1.29, 1.82) is 0 Å². The summed E-state index contributed by atoms with van der Waals surface area (Å²) in [6.45, 7) is 1.98. The number of aromatic nitrogens is 2. The van der Waals surface area contributed by atoms with Gasteiger partial charge in [0.2, 0.25) is 0 Å². The molecule has 6 aromatic carbocycles. The van der Waals surface area contributed by atoms with Crippen molar-refractivity contribution in [2.75, 3.05) is 9.80 Å². The van der Waals surface area contributed by atoms with E-state index in [0.717, 1.165) is 78.3 Å². The normalized spacial score (nSPS) is 11.9. The maximum atomic E-state index is 10.2. The van der Waals surface area contributed by atoms with E-state index in [2.05, 4.69) is 69.5 Å². The molecule has 0 atom stereocenters. The zero-order chi connectivity index (χ0) is 35.6. The Morgan fingerprint density at radius 3 is 1.94 bits per heavy atom. The van der Waals surface area contributed by atoms with E-state index in [0.29, 0.717) is 0 Å². The number of rotatable bonds is 5. The second kappa shape index (κ2) is 15.2. The van der Waals surface area contributed by atoms with Crippen molar-refractivity contribution in [2.45, 2.75) is 0 Å². The summed E-state index contributed by atoms with van der Waals surface area (Å²) in [6, 6.07) is 60.7. The summed E-state index contributed by atoms with van der Waals surface area (Å²) in [7, 11) is 0. The summed E-state index contributed by atoms with van der Waals surface area (Å²) in [5, 5.41) is 12.3. The van der Waals surface area contributed by atoms with Gasteiger partial charge in [-0.15, -0.1) is 24.5 Å². The smallest absolute Gasteiger partial charge is 0.506 e. The van der Waals surface area contributed by atoms with Crippen molar-refractivity contribution in [3.63, 3.8) is 0 Å². The molecule has 4 heterocycles. The van der Waals surface area contributed by atoms with Gasteiger partial charge in [-0.2, -0.15) is 30.3 Å². The van der Waals surface area contributed by atoms with Gasteiger partial charge in [-0.3, -0.25) is 9.97 Å². The number of para-hydroxylation sites is 5. The van der Waals surface area contributed by atoms with E-state index in [9.17, 15) is 5.11 Å². The number of hydrogen-bond donors (Lipinski definition) is 1. The second-order valence-electron chi connectivity index (χ2n) is 12.5. The zero-order valence-electron chi connectivity index (χ0n) is 28.8. The first kappa shape index (κ1) is 34.5. The monoisotopic (exact) mass is 876 g/mol. The first-order valence-corrected chi connectivity index (χ1v) is 17.3. The van der Waals surface area contributed by atoms with Crippen LogP contribution in [-0.2, 0) is 20.1 Å². The SMILES string of the molecule is Oc1ccccc1N1[CH-]N(c2[c-]cccc2)c2ccccc21.[Ir+3].[c-]1c(-c2ccccn2)cc2c(oc3cc(-c4ccccc4)ccc32)c1-c1ccccn1. The molecule has 1 aliphatic heterocycles. The number of benzene rings is 6. The second-order valence-corrected chi connectivity index (χ2v) is 12.5. The van der Waals surface area contributed by atoms with Crippen LogP contribution < -0.4 is 9.80 Å². The molecule has 0 aliphatic carbocycles. The van der Waals surface area contributed by atoms with Crippen LogP contribution in [0.15, 0.2) is 181 Å². The molecule has 0 amide bonds. The molecule has 1 aliphatic rings. The maximum absolute atomic E-state index is 10.2. The topological polar surface area (TPSA) is 65.6 Å². The predicted molar refractivity (Wildman–Crippen MR) is 213 cm³/mol. The number of hydrogen-bond acceptors (Lipinski definition) is 6. The van der Waals surface area contributed by atoms with E-state index >= 15 is 0 Å². The van der Waals surface area contributed by atoms with E-state index in [4.69, 9.17) is 4.42 Å². The van der Waals surface area contributed by atoms with Gasteiger partial charge in [-0.25, -0.2) is 0 Å². The van der Waals surface area contributed by atoms with Crippen LogP contribution in [0.25, 0.3) is 55.6 Å². The van der Waals surface area contributed by atoms with Crippen molar-refractivity contribution in [3.8, 4) is 39.4 Å². The van der Waals surface area contributed by atoms with E-state index in [1.165, 1.54) is 0 Å². The summed E-state index contributed by atoms with van der Waals surface area (Å²) < 4.78 is 6.40. The number of anilines is 4. The molecule has 54 heavy (non-hydrogen) atoms. The van der Waals surface area contributed by atoms with Crippen molar-refractivity contribution in [1.82, 2.24) is 9.97 Å². The van der Waals surface area contributed by atoms with E-state index in [1.54, 1.807) is 18.5 Å². The third-order valence-electron chi connectivity index (χ3n) is 9.20. The van der Waals surface area contributed by atoms with Gasteiger partial charge in [0, 0.05) is 40.5 Å². The molecule has 0 saturated carbocycles. The Kier molecular flexibility index (Phi) is 9.73. The van der Waals surface area contributed by atoms with Crippen molar-refractivity contribution >= 4 is 44.7 Å². The van der Waals surface area contributed by atoms with Crippen molar-refractivity contribution < 1.29 is 29.6 Å². The van der Waals surface area contributed by atoms with Crippen LogP contribution in [0.5, 0.6) is 5.75 Å². The van der Waals surface area contributed by atoms with Gasteiger partial charge in [0.1, 0.15) is 11.3 Å². The standard InChI is InChI=1S/C28H17N2O.C19H14N2O.Ir/c1-2-8-19(9-3-1)20-12-13-22-23-16-21(25-10-4-6-14-29-25)17-24(26-11-5-7-15-30-26)28(23)31-27(22)18-20;22-19-13-7-6-12-18(19)21-14-20(15-8-2-1-3-9-15)16-10-4-5-11-17(16)21;/h1-16,18H;1-8,10-14,22H;/q-1;-2;+3. The molecule has 9 aromatic rings. The molecule has 0 saturated heterocycles. The van der Waals surface area contributed by atoms with Crippen LogP contribution in [0.4, 0.5) is 22.7 Å². The van der Waals surface area contributed by atoms with Crippen LogP contribution in [0, 0.1) is 18.8 Å². The largest absolute Gasteiger partial charge is 3.00 e. The molecule has 6 nitrogen and oxygen atoms in total. The fourth-order valence-corrected chi connectivity index (χ4v) is 6.68. The Labute approximate surface area is 327 Å². The van der Waals surface area contributed by atoms with Crippen LogP contribution in [-0.4, -0.2) is 15.1 Å². The molecular formula is C47H31IrN4O2. The molecule has 7 heteroatoms. The summed E-state index contributed by atoms with van der Waals surface area (Å²) in [5.74, 6) is 0.257. The van der Waals surface area contributed by atoms with Crippen LogP contribution in [0.1, 0.15) is 0 Å². The Hall–Kier alpha value is -6.53. The molecule has 0 fully saturated rings. The summed E-state index contributed by atoms with van der Waals surface area (Å²) in [4.78, 5) is 13.1. The average Bonchev–Trinajstić information content (AvgIpc) is 3.81. The third kappa shape index (κ3) is 6.63. The Balaban J connectivity index is 0.000000159. The van der Waals surface area contributed by atoms with Gasteiger partial charge < -0.3 is 19.3 Å². The summed E-state index contributed by atoms with van der Waals surface area (Å²) in [6.07, 6.45) is 3.59. The Morgan fingerprint density at radius 1 is 0.574 bits per heavy atom. The molecular weight excluding hydrogens is 845 g/mol. The third-order valence-corrected chi connectivity index (χ3v) is 9.20.